The van der Waals surface area contributed by atoms with E-state index in [1.54, 1.807) is 12.1 Å². The number of hydrogen-bond acceptors (Lipinski definition) is 4. The molecular formula is C22H33ClN4O2. The van der Waals surface area contributed by atoms with Crippen molar-refractivity contribution in [3.05, 3.63) is 29.3 Å². The Bertz CT molecular complexity index is 669. The van der Waals surface area contributed by atoms with Gasteiger partial charge in [0.25, 0.3) is 0 Å². The molecule has 0 aromatic heterocycles. The van der Waals surface area contributed by atoms with Crippen LogP contribution in [0.15, 0.2) is 24.3 Å². The third-order valence-electron chi connectivity index (χ3n) is 5.82. The topological polar surface area (TPSA) is 64.7 Å². The van der Waals surface area contributed by atoms with Crippen LogP contribution in [0.3, 0.4) is 0 Å². The number of carbonyl (C=O) groups is 2. The number of carbonyl (C=O) groups excluding carboxylic acids is 2. The van der Waals surface area contributed by atoms with Gasteiger partial charge in [0, 0.05) is 32.2 Å². The van der Waals surface area contributed by atoms with Crippen LogP contribution in [0.5, 0.6) is 0 Å². The van der Waals surface area contributed by atoms with Gasteiger partial charge in [0.15, 0.2) is 0 Å². The smallest absolute Gasteiger partial charge is 0.238 e. The van der Waals surface area contributed by atoms with Gasteiger partial charge in [-0.05, 0) is 25.0 Å². The standard InChI is InChI=1S/C22H33ClN4O2/c23-19-10-6-7-11-20(19)25-22(29)17-27-14-12-26(13-15-27)16-21(28)24-18-8-4-2-1-3-5-9-18/h6-7,10-11,18H,1-5,8-9,12-17H2,(H,24,28)(H,25,29). The molecule has 7 heteroatoms. The normalized spacial score (nSPS) is 19.9. The first-order valence-corrected chi connectivity index (χ1v) is 11.3. The minimum atomic E-state index is -0.0615. The Morgan fingerprint density at radius 2 is 1.41 bits per heavy atom. The summed E-state index contributed by atoms with van der Waals surface area (Å²) in [7, 11) is 0. The minimum absolute atomic E-state index is 0.0615. The van der Waals surface area contributed by atoms with Crippen LogP contribution in [0.25, 0.3) is 0 Å². The summed E-state index contributed by atoms with van der Waals surface area (Å²) in [4.78, 5) is 29.0. The highest BCUT2D eigenvalue weighted by Gasteiger charge is 2.22. The van der Waals surface area contributed by atoms with Crippen molar-refractivity contribution in [2.45, 2.75) is 51.0 Å². The van der Waals surface area contributed by atoms with Crippen LogP contribution in [0.1, 0.15) is 44.9 Å². The van der Waals surface area contributed by atoms with Crippen molar-refractivity contribution < 1.29 is 9.59 Å². The first-order valence-electron chi connectivity index (χ1n) is 10.9. The molecule has 1 aliphatic heterocycles. The third-order valence-corrected chi connectivity index (χ3v) is 6.15. The van der Waals surface area contributed by atoms with Gasteiger partial charge in [-0.2, -0.15) is 0 Å². The molecule has 0 radical (unpaired) electrons. The molecule has 2 fully saturated rings. The zero-order valence-corrected chi connectivity index (χ0v) is 17.9. The van der Waals surface area contributed by atoms with Gasteiger partial charge in [-0.1, -0.05) is 55.8 Å². The van der Waals surface area contributed by atoms with Gasteiger partial charge in [-0.3, -0.25) is 19.4 Å². The van der Waals surface area contributed by atoms with Crippen molar-refractivity contribution >= 4 is 29.1 Å². The van der Waals surface area contributed by atoms with Crippen molar-refractivity contribution in [2.24, 2.45) is 0 Å². The van der Waals surface area contributed by atoms with Crippen LogP contribution in [0, 0.1) is 0 Å². The van der Waals surface area contributed by atoms with Gasteiger partial charge in [0.05, 0.1) is 23.8 Å². The molecular weight excluding hydrogens is 388 g/mol. The van der Waals surface area contributed by atoms with Crippen LogP contribution in [0.2, 0.25) is 5.02 Å². The molecule has 1 saturated carbocycles. The zero-order valence-electron chi connectivity index (χ0n) is 17.2. The lowest BCUT2D eigenvalue weighted by Gasteiger charge is -2.34. The average Bonchev–Trinajstić information content (AvgIpc) is 2.67. The molecule has 0 bridgehead atoms. The fourth-order valence-corrected chi connectivity index (χ4v) is 4.32. The second kappa shape index (κ2) is 11.5. The summed E-state index contributed by atoms with van der Waals surface area (Å²) < 4.78 is 0. The minimum Gasteiger partial charge on any atom is -0.352 e. The fraction of sp³-hybridized carbons (Fsp3) is 0.636. The monoisotopic (exact) mass is 420 g/mol. The van der Waals surface area contributed by atoms with E-state index in [0.717, 1.165) is 39.0 Å². The van der Waals surface area contributed by atoms with Gasteiger partial charge >= 0.3 is 0 Å². The second-order valence-electron chi connectivity index (χ2n) is 8.19. The highest BCUT2D eigenvalue weighted by Crippen LogP contribution is 2.20. The third kappa shape index (κ3) is 7.61. The summed E-state index contributed by atoms with van der Waals surface area (Å²) in [5.41, 5.74) is 0.642. The van der Waals surface area contributed by atoms with Gasteiger partial charge < -0.3 is 10.6 Å². The molecule has 0 spiro atoms. The fourth-order valence-electron chi connectivity index (χ4n) is 4.14. The van der Waals surface area contributed by atoms with Crippen LogP contribution in [-0.2, 0) is 9.59 Å². The zero-order chi connectivity index (χ0) is 20.5. The number of hydrogen-bond donors (Lipinski definition) is 2. The SMILES string of the molecule is O=C(CN1CCN(CC(=O)NC2CCCCCCC2)CC1)Nc1ccccc1Cl. The van der Waals surface area contributed by atoms with E-state index in [0.29, 0.717) is 29.8 Å². The number of piperazine rings is 1. The van der Waals surface area contributed by atoms with E-state index in [-0.39, 0.29) is 11.8 Å². The molecule has 1 aliphatic carbocycles. The van der Waals surface area contributed by atoms with Crippen LogP contribution in [0.4, 0.5) is 5.69 Å². The number of benzene rings is 1. The van der Waals surface area contributed by atoms with Crippen molar-refractivity contribution in [1.29, 1.82) is 0 Å². The van der Waals surface area contributed by atoms with Crippen LogP contribution >= 0.6 is 11.6 Å². The maximum atomic E-state index is 12.4. The van der Waals surface area contributed by atoms with E-state index in [9.17, 15) is 9.59 Å². The molecule has 1 heterocycles. The summed E-state index contributed by atoms with van der Waals surface area (Å²) in [6, 6.07) is 7.59. The Labute approximate surface area is 179 Å². The van der Waals surface area contributed by atoms with Crippen molar-refractivity contribution in [2.75, 3.05) is 44.6 Å². The lowest BCUT2D eigenvalue weighted by Crippen LogP contribution is -2.51. The molecule has 1 aromatic rings. The number of rotatable bonds is 6. The summed E-state index contributed by atoms with van der Waals surface area (Å²) in [6.45, 7) is 3.97. The molecule has 2 amide bonds. The quantitative estimate of drug-likeness (QED) is 0.742. The van der Waals surface area contributed by atoms with Crippen molar-refractivity contribution in [3.8, 4) is 0 Å². The molecule has 1 aromatic carbocycles. The predicted molar refractivity (Wildman–Crippen MR) is 117 cm³/mol. The van der Waals surface area contributed by atoms with E-state index in [1.165, 1.54) is 32.1 Å². The van der Waals surface area contributed by atoms with Gasteiger partial charge in [-0.25, -0.2) is 0 Å². The Kier molecular flexibility index (Phi) is 8.77. The van der Waals surface area contributed by atoms with Gasteiger partial charge in [0.1, 0.15) is 0 Å². The molecule has 1 saturated heterocycles. The molecule has 2 N–H and O–H groups in total. The van der Waals surface area contributed by atoms with Crippen LogP contribution in [-0.4, -0.2) is 66.9 Å². The molecule has 6 nitrogen and oxygen atoms in total. The molecule has 0 atom stereocenters. The number of nitrogens with zero attached hydrogens (tertiary/aromatic N) is 2. The van der Waals surface area contributed by atoms with E-state index >= 15 is 0 Å². The first-order chi connectivity index (χ1) is 14.1. The molecule has 0 unspecified atom stereocenters. The first kappa shape index (κ1) is 22.1. The number of nitrogens with one attached hydrogen (secondary N) is 2. The summed E-state index contributed by atoms with van der Waals surface area (Å²) >= 11 is 6.09. The van der Waals surface area contributed by atoms with Crippen molar-refractivity contribution in [3.63, 3.8) is 0 Å². The highest BCUT2D eigenvalue weighted by atomic mass is 35.5. The second-order valence-corrected chi connectivity index (χ2v) is 8.60. The lowest BCUT2D eigenvalue weighted by atomic mass is 9.97. The molecule has 2 aliphatic rings. The number of anilines is 1. The summed E-state index contributed by atoms with van der Waals surface area (Å²) in [5.74, 6) is 0.0778. The number of halogens is 1. The maximum absolute atomic E-state index is 12.4. The average molecular weight is 421 g/mol. The largest absolute Gasteiger partial charge is 0.352 e. The van der Waals surface area contributed by atoms with E-state index in [4.69, 9.17) is 11.6 Å². The molecule has 160 valence electrons. The maximum Gasteiger partial charge on any atom is 0.238 e. The Hall–Kier alpha value is -1.63. The molecule has 3 rings (SSSR count). The van der Waals surface area contributed by atoms with Crippen LogP contribution < -0.4 is 10.6 Å². The van der Waals surface area contributed by atoms with E-state index < -0.39 is 0 Å². The number of para-hydroxylation sites is 1. The Balaban J connectivity index is 1.35. The highest BCUT2D eigenvalue weighted by molar-refractivity contribution is 6.33. The van der Waals surface area contributed by atoms with Gasteiger partial charge in [-0.15, -0.1) is 0 Å². The molecule has 29 heavy (non-hydrogen) atoms. The number of amides is 2. The lowest BCUT2D eigenvalue weighted by molar-refractivity contribution is -0.124. The summed E-state index contributed by atoms with van der Waals surface area (Å²) in [5, 5.41) is 6.65. The Morgan fingerprint density at radius 1 is 0.862 bits per heavy atom. The Morgan fingerprint density at radius 3 is 2.03 bits per heavy atom. The van der Waals surface area contributed by atoms with E-state index in [2.05, 4.69) is 20.4 Å². The van der Waals surface area contributed by atoms with E-state index in [1.807, 2.05) is 12.1 Å². The van der Waals surface area contributed by atoms with Crippen molar-refractivity contribution in [1.82, 2.24) is 15.1 Å². The van der Waals surface area contributed by atoms with Gasteiger partial charge in [0.2, 0.25) is 11.8 Å². The summed E-state index contributed by atoms with van der Waals surface area (Å²) in [6.07, 6.45) is 8.58. The predicted octanol–water partition coefficient (Wildman–Crippen LogP) is 3.13.